The molecule has 5 heteroatoms. The zero-order chi connectivity index (χ0) is 36.6. The zero-order valence-electron chi connectivity index (χ0n) is 29.2. The van der Waals surface area contributed by atoms with Crippen LogP contribution in [0.3, 0.4) is 0 Å². The molecule has 0 saturated heterocycles. The minimum absolute atomic E-state index is 0.106. The fraction of sp³-hybridized carbons (Fsp3) is 0. The average molecular weight is 858 g/mol. The fourth-order valence-corrected chi connectivity index (χ4v) is 17.0. The number of rotatable bonds is 8. The molecule has 0 spiro atoms. The van der Waals surface area contributed by atoms with E-state index in [4.69, 9.17) is 19.1 Å². The molecule has 8 rings (SSSR count). The summed E-state index contributed by atoms with van der Waals surface area (Å²) in [5.41, 5.74) is 0. The molecule has 0 aromatic heterocycles. The van der Waals surface area contributed by atoms with Gasteiger partial charge in [-0.05, 0) is 0 Å². The molecule has 8 aromatic rings. The van der Waals surface area contributed by atoms with Crippen molar-refractivity contribution in [2.24, 2.45) is 0 Å². The Kier molecular flexibility index (Phi) is 14.4. The van der Waals surface area contributed by atoms with E-state index in [2.05, 4.69) is 243 Å². The molecule has 0 saturated carbocycles. The van der Waals surface area contributed by atoms with Crippen molar-refractivity contribution in [2.45, 2.75) is 0 Å². The van der Waals surface area contributed by atoms with Crippen LogP contribution >= 0.6 is 33.6 Å². The van der Waals surface area contributed by atoms with Crippen LogP contribution in [0.5, 0.6) is 0 Å². The van der Waals surface area contributed by atoms with Gasteiger partial charge in [0.15, 0.2) is 0 Å². The van der Waals surface area contributed by atoms with Crippen molar-refractivity contribution < 1.29 is 15.9 Å². The predicted molar refractivity (Wildman–Crippen MR) is 237 cm³/mol. The van der Waals surface area contributed by atoms with Gasteiger partial charge >= 0.3 is 335 Å². The second kappa shape index (κ2) is 19.8. The molecule has 268 valence electrons. The van der Waals surface area contributed by atoms with E-state index in [-0.39, 0.29) is 15.9 Å². The Bertz CT molecular complexity index is 1710. The topological polar surface area (TPSA) is 0 Å². The normalized spacial score (nSPS) is 11.6. The van der Waals surface area contributed by atoms with Gasteiger partial charge in [0, 0.05) is 0 Å². The number of hydrogen-bond donors (Lipinski definition) is 0. The monoisotopic (exact) mass is 856 g/mol. The van der Waals surface area contributed by atoms with Crippen LogP contribution in [0.1, 0.15) is 0 Å². The molecular weight excluding hydrogens is 816 g/mol. The summed E-state index contributed by atoms with van der Waals surface area (Å²) in [6.45, 7) is 0. The van der Waals surface area contributed by atoms with E-state index in [1.807, 2.05) is 0 Å². The van der Waals surface area contributed by atoms with Gasteiger partial charge in [0.25, 0.3) is 0 Å². The third-order valence-corrected chi connectivity index (χ3v) is 19.2. The quantitative estimate of drug-likeness (QED) is 0.106. The molecule has 0 heterocycles. The van der Waals surface area contributed by atoms with Gasteiger partial charge in [-0.1, -0.05) is 0 Å². The molecule has 0 unspecified atom stereocenters. The first-order chi connectivity index (χ1) is 26.3. The first-order valence-electron chi connectivity index (χ1n) is 17.5. The molecule has 0 fully saturated rings. The van der Waals surface area contributed by atoms with Gasteiger partial charge in [-0.25, -0.2) is 0 Å². The van der Waals surface area contributed by atoms with Crippen LogP contribution in [-0.2, 0) is 15.9 Å². The average Bonchev–Trinajstić information content (AvgIpc) is 3.25. The number of halogens is 2. The van der Waals surface area contributed by atoms with E-state index in [1.54, 1.807) is 0 Å². The molecule has 0 bridgehead atoms. The van der Waals surface area contributed by atoms with Gasteiger partial charge in [0.1, 0.15) is 0 Å². The summed E-state index contributed by atoms with van der Waals surface area (Å²) in [5, 5.41) is 11.3. The molecule has 0 aliphatic heterocycles. The Morgan fingerprint density at radius 1 is 0.208 bits per heavy atom. The Morgan fingerprint density at radius 3 is 0.396 bits per heavy atom. The van der Waals surface area contributed by atoms with Crippen molar-refractivity contribution >= 4 is 76.0 Å². The van der Waals surface area contributed by atoms with Crippen molar-refractivity contribution in [3.8, 4) is 0 Å². The first kappa shape index (κ1) is 38.6. The van der Waals surface area contributed by atoms with Crippen LogP contribution in [0.2, 0.25) is 0 Å². The van der Waals surface area contributed by atoms with E-state index in [0.29, 0.717) is 0 Å². The van der Waals surface area contributed by atoms with Crippen molar-refractivity contribution in [2.75, 3.05) is 0 Å². The van der Waals surface area contributed by atoms with E-state index in [1.165, 1.54) is 42.4 Å². The fourth-order valence-electron chi connectivity index (χ4n) is 7.51. The SMILES string of the molecule is [Cl][Pd][Cl].c1ccc([PH](c2ccccc2)(c2ccccc2)c2ccccc2)cc1.c1ccc([PH](c2ccccc2)(c2ccccc2)c2ccccc2)cc1. The first-order valence-corrected chi connectivity index (χ1v) is 25.5. The molecule has 0 radical (unpaired) electrons. The van der Waals surface area contributed by atoms with Crippen molar-refractivity contribution in [3.63, 3.8) is 0 Å². The van der Waals surface area contributed by atoms with Crippen LogP contribution in [-0.4, -0.2) is 0 Å². The summed E-state index contributed by atoms with van der Waals surface area (Å²) in [7, 11) is 5.03. The van der Waals surface area contributed by atoms with E-state index in [0.717, 1.165) is 0 Å². The van der Waals surface area contributed by atoms with Crippen molar-refractivity contribution in [3.05, 3.63) is 243 Å². The maximum atomic E-state index is 4.81. The summed E-state index contributed by atoms with van der Waals surface area (Å²) in [6.07, 6.45) is 0. The maximum absolute atomic E-state index is 4.81. The van der Waals surface area contributed by atoms with Gasteiger partial charge in [0.05, 0.1) is 0 Å². The number of benzene rings is 8. The van der Waals surface area contributed by atoms with Gasteiger partial charge in [0.2, 0.25) is 0 Å². The Labute approximate surface area is 332 Å². The second-order valence-electron chi connectivity index (χ2n) is 12.5. The van der Waals surface area contributed by atoms with Gasteiger partial charge < -0.3 is 0 Å². The molecule has 8 aromatic carbocycles. The molecular formula is C48H42Cl2P2Pd. The van der Waals surface area contributed by atoms with Crippen LogP contribution in [0, 0.1) is 0 Å². The Balaban J connectivity index is 0.000000169. The van der Waals surface area contributed by atoms with Crippen LogP contribution in [0.4, 0.5) is 0 Å². The standard InChI is InChI=1S/2C24H21P.2ClH.Pd/c2*1-5-13-21(14-6-1)25(22-15-7-2-8-16-22,23-17-9-3-10-18-23)24-19-11-4-12-20-24;;;/h2*1-20,25H;2*1H;/q;;;;+2/p-2. The van der Waals surface area contributed by atoms with Gasteiger partial charge in [-0.2, -0.15) is 0 Å². The molecule has 0 aliphatic rings. The van der Waals surface area contributed by atoms with E-state index < -0.39 is 14.5 Å². The Morgan fingerprint density at radius 2 is 0.302 bits per heavy atom. The summed E-state index contributed by atoms with van der Waals surface area (Å²) in [5.74, 6) is 0. The molecule has 0 amide bonds. The molecule has 53 heavy (non-hydrogen) atoms. The van der Waals surface area contributed by atoms with Gasteiger partial charge in [-0.15, -0.1) is 0 Å². The van der Waals surface area contributed by atoms with Crippen molar-refractivity contribution in [1.82, 2.24) is 0 Å². The van der Waals surface area contributed by atoms with Crippen LogP contribution in [0.25, 0.3) is 0 Å². The second-order valence-corrected chi connectivity index (χ2v) is 22.5. The third kappa shape index (κ3) is 8.65. The molecule has 0 atom stereocenters. The summed E-state index contributed by atoms with van der Waals surface area (Å²) >= 11 is -0.106. The summed E-state index contributed by atoms with van der Waals surface area (Å²) < 4.78 is 0. The third-order valence-electron chi connectivity index (χ3n) is 9.65. The van der Waals surface area contributed by atoms with E-state index in [9.17, 15) is 0 Å². The Hall–Kier alpha value is -4.14. The van der Waals surface area contributed by atoms with Gasteiger partial charge in [-0.3, -0.25) is 0 Å². The summed E-state index contributed by atoms with van der Waals surface area (Å²) in [6, 6.07) is 88.0. The molecule has 0 nitrogen and oxygen atoms in total. The summed E-state index contributed by atoms with van der Waals surface area (Å²) in [4.78, 5) is 0. The van der Waals surface area contributed by atoms with Crippen molar-refractivity contribution in [1.29, 1.82) is 0 Å². The minimum atomic E-state index is -2.30. The zero-order valence-corrected chi connectivity index (χ0v) is 34.2. The predicted octanol–water partition coefficient (Wildman–Crippen LogP) is 9.45. The molecule has 0 aliphatic carbocycles. The van der Waals surface area contributed by atoms with E-state index >= 15 is 0 Å². The molecule has 0 N–H and O–H groups in total. The van der Waals surface area contributed by atoms with Crippen LogP contribution in [0.15, 0.2) is 243 Å². The van der Waals surface area contributed by atoms with Crippen LogP contribution < -0.4 is 42.4 Å². The number of hydrogen-bond acceptors (Lipinski definition) is 0.